The van der Waals surface area contributed by atoms with Gasteiger partial charge < -0.3 is 5.11 Å². The van der Waals surface area contributed by atoms with Crippen LogP contribution in [0.2, 0.25) is 0 Å². The summed E-state index contributed by atoms with van der Waals surface area (Å²) in [6, 6.07) is 7.36. The molecule has 0 amide bonds. The van der Waals surface area contributed by atoms with E-state index in [1.165, 1.54) is 0 Å². The molecule has 3 rings (SSSR count). The van der Waals surface area contributed by atoms with Crippen molar-refractivity contribution in [3.8, 4) is 0 Å². The fourth-order valence-corrected chi connectivity index (χ4v) is 3.11. The Kier molecular flexibility index (Phi) is 3.48. The van der Waals surface area contributed by atoms with Gasteiger partial charge >= 0.3 is 5.97 Å². The SMILES string of the molecule is O=C(O)CSc1nc2ccccc2c(=O)n1C1CCC1. The summed E-state index contributed by atoms with van der Waals surface area (Å²) in [6.07, 6.45) is 3.02. The number of aliphatic carboxylic acids is 1. The van der Waals surface area contributed by atoms with Crippen LogP contribution in [-0.2, 0) is 4.79 Å². The van der Waals surface area contributed by atoms with Gasteiger partial charge in [0.25, 0.3) is 5.56 Å². The molecule has 0 spiro atoms. The summed E-state index contributed by atoms with van der Waals surface area (Å²) in [5, 5.41) is 9.93. The van der Waals surface area contributed by atoms with Crippen molar-refractivity contribution < 1.29 is 9.90 Å². The van der Waals surface area contributed by atoms with Gasteiger partial charge in [0.2, 0.25) is 0 Å². The average Bonchev–Trinajstić information content (AvgIpc) is 2.38. The van der Waals surface area contributed by atoms with E-state index in [9.17, 15) is 9.59 Å². The van der Waals surface area contributed by atoms with Crippen molar-refractivity contribution in [1.29, 1.82) is 0 Å². The van der Waals surface area contributed by atoms with Gasteiger partial charge in [-0.15, -0.1) is 0 Å². The Balaban J connectivity index is 2.14. The van der Waals surface area contributed by atoms with E-state index >= 15 is 0 Å². The summed E-state index contributed by atoms with van der Waals surface area (Å²) in [6.45, 7) is 0. The van der Waals surface area contributed by atoms with Gasteiger partial charge in [-0.25, -0.2) is 4.98 Å². The summed E-state index contributed by atoms with van der Waals surface area (Å²) < 4.78 is 1.68. The molecule has 0 unspecified atom stereocenters. The second-order valence-corrected chi connectivity index (χ2v) is 5.80. The van der Waals surface area contributed by atoms with E-state index in [0.717, 1.165) is 31.0 Å². The van der Waals surface area contributed by atoms with Gasteiger partial charge in [-0.3, -0.25) is 14.2 Å². The number of benzene rings is 1. The predicted octanol–water partition coefficient (Wildman–Crippen LogP) is 2.30. The Hall–Kier alpha value is -1.82. The van der Waals surface area contributed by atoms with E-state index in [4.69, 9.17) is 5.11 Å². The third kappa shape index (κ3) is 2.31. The quantitative estimate of drug-likeness (QED) is 0.691. The van der Waals surface area contributed by atoms with Crippen LogP contribution in [0.15, 0.2) is 34.2 Å². The Morgan fingerprint density at radius 1 is 1.40 bits per heavy atom. The summed E-state index contributed by atoms with van der Waals surface area (Å²) in [7, 11) is 0. The first-order valence-corrected chi connectivity index (χ1v) is 7.51. The molecule has 1 saturated carbocycles. The van der Waals surface area contributed by atoms with Crippen molar-refractivity contribution in [3.05, 3.63) is 34.6 Å². The van der Waals surface area contributed by atoms with Crippen LogP contribution in [0.1, 0.15) is 25.3 Å². The normalized spacial score (nSPS) is 15.2. The van der Waals surface area contributed by atoms with Crippen LogP contribution >= 0.6 is 11.8 Å². The van der Waals surface area contributed by atoms with Crippen molar-refractivity contribution in [2.45, 2.75) is 30.5 Å². The molecule has 104 valence electrons. The first-order valence-electron chi connectivity index (χ1n) is 6.52. The summed E-state index contributed by atoms with van der Waals surface area (Å²) in [4.78, 5) is 27.8. The molecule has 1 N–H and O–H groups in total. The van der Waals surface area contributed by atoms with E-state index in [0.29, 0.717) is 16.1 Å². The fraction of sp³-hybridized carbons (Fsp3) is 0.357. The molecular formula is C14H14N2O3S. The topological polar surface area (TPSA) is 72.2 Å². The van der Waals surface area contributed by atoms with Gasteiger partial charge in [0.05, 0.1) is 16.7 Å². The Bertz CT molecular complexity index is 722. The molecule has 1 fully saturated rings. The maximum absolute atomic E-state index is 12.6. The molecule has 1 heterocycles. The molecule has 2 aromatic rings. The van der Waals surface area contributed by atoms with Crippen LogP contribution in [0.25, 0.3) is 10.9 Å². The third-order valence-corrected chi connectivity index (χ3v) is 4.48. The van der Waals surface area contributed by atoms with E-state index in [1.54, 1.807) is 16.7 Å². The number of aromatic nitrogens is 2. The van der Waals surface area contributed by atoms with Crippen LogP contribution in [0, 0.1) is 0 Å². The molecule has 6 heteroatoms. The van der Waals surface area contributed by atoms with E-state index < -0.39 is 5.97 Å². The molecule has 1 aliphatic rings. The zero-order chi connectivity index (χ0) is 14.1. The highest BCUT2D eigenvalue weighted by Gasteiger charge is 2.25. The summed E-state index contributed by atoms with van der Waals surface area (Å²) >= 11 is 1.11. The van der Waals surface area contributed by atoms with Gasteiger partial charge in [-0.1, -0.05) is 23.9 Å². The highest BCUT2D eigenvalue weighted by Crippen LogP contribution is 2.33. The summed E-state index contributed by atoms with van der Waals surface area (Å²) in [5.74, 6) is -0.991. The predicted molar refractivity (Wildman–Crippen MR) is 77.3 cm³/mol. The van der Waals surface area contributed by atoms with E-state index in [-0.39, 0.29) is 17.4 Å². The van der Waals surface area contributed by atoms with Gasteiger partial charge in [0.1, 0.15) is 0 Å². The largest absolute Gasteiger partial charge is 0.481 e. The first-order chi connectivity index (χ1) is 9.66. The molecule has 0 aliphatic heterocycles. The van der Waals surface area contributed by atoms with Crippen LogP contribution in [0.5, 0.6) is 0 Å². The highest BCUT2D eigenvalue weighted by molar-refractivity contribution is 7.99. The van der Waals surface area contributed by atoms with E-state index in [1.807, 2.05) is 12.1 Å². The highest BCUT2D eigenvalue weighted by atomic mass is 32.2. The van der Waals surface area contributed by atoms with Crippen molar-refractivity contribution in [2.24, 2.45) is 0 Å². The van der Waals surface area contributed by atoms with Crippen molar-refractivity contribution >= 4 is 28.6 Å². The number of rotatable bonds is 4. The van der Waals surface area contributed by atoms with Crippen LogP contribution in [0.4, 0.5) is 0 Å². The molecule has 0 atom stereocenters. The molecule has 1 aromatic carbocycles. The lowest BCUT2D eigenvalue weighted by Gasteiger charge is -2.29. The van der Waals surface area contributed by atoms with Gasteiger partial charge in [-0.2, -0.15) is 0 Å². The molecule has 0 radical (unpaired) electrons. The Morgan fingerprint density at radius 2 is 2.15 bits per heavy atom. The smallest absolute Gasteiger partial charge is 0.313 e. The molecule has 0 bridgehead atoms. The van der Waals surface area contributed by atoms with Crippen molar-refractivity contribution in [2.75, 3.05) is 5.75 Å². The maximum Gasteiger partial charge on any atom is 0.313 e. The number of carboxylic acids is 1. The minimum Gasteiger partial charge on any atom is -0.481 e. The number of hydrogen-bond donors (Lipinski definition) is 1. The third-order valence-electron chi connectivity index (χ3n) is 3.54. The average molecular weight is 290 g/mol. The zero-order valence-corrected chi connectivity index (χ0v) is 11.6. The monoisotopic (exact) mass is 290 g/mol. The molecular weight excluding hydrogens is 276 g/mol. The number of carbonyl (C=O) groups is 1. The number of para-hydroxylation sites is 1. The van der Waals surface area contributed by atoms with Crippen molar-refractivity contribution in [1.82, 2.24) is 9.55 Å². The first kappa shape index (κ1) is 13.2. The lowest BCUT2D eigenvalue weighted by molar-refractivity contribution is -0.133. The Morgan fingerprint density at radius 3 is 2.80 bits per heavy atom. The molecule has 1 aromatic heterocycles. The van der Waals surface area contributed by atoms with Crippen LogP contribution in [0.3, 0.4) is 0 Å². The number of thioether (sulfide) groups is 1. The second-order valence-electron chi connectivity index (χ2n) is 4.85. The lowest BCUT2D eigenvalue weighted by atomic mass is 9.93. The number of carboxylic acid groups (broad SMARTS) is 1. The van der Waals surface area contributed by atoms with Gasteiger partial charge in [-0.05, 0) is 31.4 Å². The van der Waals surface area contributed by atoms with E-state index in [2.05, 4.69) is 4.98 Å². The maximum atomic E-state index is 12.6. The minimum absolute atomic E-state index is 0.0619. The molecule has 0 saturated heterocycles. The fourth-order valence-electron chi connectivity index (χ4n) is 2.32. The molecule has 1 aliphatic carbocycles. The standard InChI is InChI=1S/C14H14N2O3S/c17-12(18)8-20-14-15-11-7-2-1-6-10(11)13(19)16(14)9-4-3-5-9/h1-2,6-7,9H,3-5,8H2,(H,17,18). The number of fused-ring (bicyclic) bond motifs is 1. The summed E-state index contributed by atoms with van der Waals surface area (Å²) in [5.41, 5.74) is 0.564. The zero-order valence-electron chi connectivity index (χ0n) is 10.8. The lowest BCUT2D eigenvalue weighted by Crippen LogP contribution is -2.31. The minimum atomic E-state index is -0.905. The number of nitrogens with zero attached hydrogens (tertiary/aromatic N) is 2. The van der Waals surface area contributed by atoms with Crippen LogP contribution in [-0.4, -0.2) is 26.4 Å². The van der Waals surface area contributed by atoms with Crippen molar-refractivity contribution in [3.63, 3.8) is 0 Å². The molecule has 20 heavy (non-hydrogen) atoms. The second kappa shape index (κ2) is 5.28. The molecule has 5 nitrogen and oxygen atoms in total. The van der Waals surface area contributed by atoms with Gasteiger partial charge in [0.15, 0.2) is 5.16 Å². The van der Waals surface area contributed by atoms with Gasteiger partial charge in [0, 0.05) is 6.04 Å². The number of hydrogen-bond acceptors (Lipinski definition) is 4. The Labute approximate surface area is 119 Å². The van der Waals surface area contributed by atoms with Crippen LogP contribution < -0.4 is 5.56 Å².